The van der Waals surface area contributed by atoms with E-state index in [9.17, 15) is 23.9 Å². The zero-order valence-electron chi connectivity index (χ0n) is 32.1. The van der Waals surface area contributed by atoms with Gasteiger partial charge in [-0.1, -0.05) is 19.1 Å². The summed E-state index contributed by atoms with van der Waals surface area (Å²) in [6, 6.07) is 9.51. The van der Waals surface area contributed by atoms with Crippen molar-refractivity contribution in [1.82, 2.24) is 24.1 Å². The van der Waals surface area contributed by atoms with E-state index in [0.717, 1.165) is 49.8 Å². The number of carbonyl (C=O) groups excluding carboxylic acids is 1. The van der Waals surface area contributed by atoms with Gasteiger partial charge in [-0.3, -0.25) is 9.00 Å². The maximum atomic E-state index is 13.1. The summed E-state index contributed by atoms with van der Waals surface area (Å²) in [6.07, 6.45) is 15.4. The van der Waals surface area contributed by atoms with Crippen molar-refractivity contribution in [3.63, 3.8) is 0 Å². The molecule has 1 N–H and O–H groups in total. The van der Waals surface area contributed by atoms with E-state index in [2.05, 4.69) is 45.3 Å². The number of hydrogen-bond acceptors (Lipinski definition) is 8. The van der Waals surface area contributed by atoms with Crippen LogP contribution in [0.2, 0.25) is 0 Å². The fourth-order valence-corrected chi connectivity index (χ4v) is 8.87. The summed E-state index contributed by atoms with van der Waals surface area (Å²) in [5.74, 6) is 0.261. The topological polar surface area (TPSA) is 139 Å². The monoisotopic (exact) mass is 762 g/mol. The third kappa shape index (κ3) is 11.2. The summed E-state index contributed by atoms with van der Waals surface area (Å²) in [5, 5.41) is 24.9. The molecule has 3 aromatic rings. The van der Waals surface area contributed by atoms with Crippen LogP contribution in [-0.4, -0.2) is 86.3 Å². The van der Waals surface area contributed by atoms with Crippen LogP contribution in [0.15, 0.2) is 66.3 Å². The fourth-order valence-electron chi connectivity index (χ4n) is 8.51. The number of imidazole rings is 1. The summed E-state index contributed by atoms with van der Waals surface area (Å²) in [5.41, 5.74) is 1.01. The van der Waals surface area contributed by atoms with Crippen LogP contribution in [0.1, 0.15) is 122 Å². The molecule has 13 heteroatoms. The van der Waals surface area contributed by atoms with E-state index in [1.165, 1.54) is 5.06 Å². The Morgan fingerprint density at radius 1 is 1.02 bits per heavy atom. The first kappa shape index (κ1) is 43.5. The first-order valence-electron chi connectivity index (χ1n) is 18.6. The molecule has 6 unspecified atom stereocenters. The predicted molar refractivity (Wildman–Crippen MR) is 198 cm³/mol. The Morgan fingerprint density at radius 3 is 2.29 bits per heavy atom. The van der Waals surface area contributed by atoms with Crippen LogP contribution in [0.3, 0.4) is 0 Å². The molecule has 52 heavy (non-hydrogen) atoms. The van der Waals surface area contributed by atoms with Crippen molar-refractivity contribution in [2.24, 2.45) is 0 Å². The van der Waals surface area contributed by atoms with Gasteiger partial charge < -0.3 is 38.7 Å². The predicted octanol–water partition coefficient (Wildman–Crippen LogP) is 3.52. The molecule has 6 atom stereocenters. The zero-order valence-corrected chi connectivity index (χ0v) is 36.1. The molecule has 0 aliphatic carbocycles. The van der Waals surface area contributed by atoms with E-state index in [1.54, 1.807) is 18.3 Å². The van der Waals surface area contributed by atoms with Gasteiger partial charge in [-0.25, -0.2) is 4.98 Å². The van der Waals surface area contributed by atoms with Gasteiger partial charge >= 0.3 is 51.4 Å². The summed E-state index contributed by atoms with van der Waals surface area (Å²) >= 11 is -2.31. The maximum Gasteiger partial charge on any atom is 1.00 e. The minimum atomic E-state index is -2.31. The first-order valence-corrected chi connectivity index (χ1v) is 19.6. The molecule has 0 radical (unpaired) electrons. The number of nitrogens with zero attached hydrogens (tertiary/aromatic N) is 5. The second-order valence-electron chi connectivity index (χ2n) is 16.1. The van der Waals surface area contributed by atoms with Crippen molar-refractivity contribution < 1.29 is 74.8 Å². The second-order valence-corrected chi connectivity index (χ2v) is 17.0. The molecule has 282 valence electrons. The third-order valence-corrected chi connectivity index (χ3v) is 11.7. The van der Waals surface area contributed by atoms with E-state index < -0.39 is 28.3 Å². The van der Waals surface area contributed by atoms with Crippen LogP contribution >= 0.6 is 0 Å². The van der Waals surface area contributed by atoms with E-state index in [4.69, 9.17) is 4.74 Å². The minimum absolute atomic E-state index is 0. The van der Waals surface area contributed by atoms with Crippen LogP contribution in [0.25, 0.3) is 0 Å². The summed E-state index contributed by atoms with van der Waals surface area (Å²) in [6.45, 7) is 13.1. The van der Waals surface area contributed by atoms with Gasteiger partial charge in [-0.15, -0.1) is 0 Å². The van der Waals surface area contributed by atoms with Gasteiger partial charge in [0.2, 0.25) is 5.91 Å². The van der Waals surface area contributed by atoms with Crippen LogP contribution < -0.4 is 51.4 Å². The van der Waals surface area contributed by atoms with E-state index in [-0.39, 0.29) is 98.9 Å². The zero-order chi connectivity index (χ0) is 36.9. The number of hydrogen-bond donors (Lipinski definition) is 1. The molecule has 0 spiro atoms. The van der Waals surface area contributed by atoms with Gasteiger partial charge in [0.25, 0.3) is 0 Å². The summed E-state index contributed by atoms with van der Waals surface area (Å²) in [7, 11) is 0. The molecule has 4 heterocycles. The molecule has 0 saturated carbocycles. The molecular formula is C39H57KN5O6S-. The van der Waals surface area contributed by atoms with Crippen molar-refractivity contribution in [3.8, 4) is 0 Å². The van der Waals surface area contributed by atoms with Crippen molar-refractivity contribution in [2.45, 2.75) is 152 Å². The Labute approximate surface area is 355 Å². The molecular weight excluding hydrogens is 706 g/mol. The minimum Gasteiger partial charge on any atom is -0.784 e. The smallest absolute Gasteiger partial charge is 0.784 e. The molecule has 0 bridgehead atoms. The second kappa shape index (κ2) is 19.1. The van der Waals surface area contributed by atoms with Crippen LogP contribution in [0, 0.1) is 5.21 Å². The molecule has 2 saturated heterocycles. The number of benzene rings is 1. The van der Waals surface area contributed by atoms with Crippen molar-refractivity contribution >= 4 is 17.0 Å². The van der Waals surface area contributed by atoms with Gasteiger partial charge in [-0.05, 0) is 126 Å². The molecule has 1 aromatic carbocycles. The number of piperidine rings is 1. The largest absolute Gasteiger partial charge is 1.00 e. The molecule has 2 aromatic heterocycles. The number of rotatable bonds is 17. The normalized spacial score (nSPS) is 21.3. The molecule has 2 aliphatic heterocycles. The number of likely N-dealkylation sites (tertiary alicyclic amines) is 1. The Kier molecular flexibility index (Phi) is 16.0. The Balaban J connectivity index is 0.00000605. The average Bonchev–Trinajstić information content (AvgIpc) is 3.87. The molecule has 1 amide bonds. The number of hydroxylamine groups is 2. The molecule has 11 nitrogen and oxygen atoms in total. The summed E-state index contributed by atoms with van der Waals surface area (Å²) < 4.78 is 33.8. The quantitative estimate of drug-likeness (QED) is 0.163. The number of ether oxygens (including phenoxy) is 1. The molecule has 2 aliphatic rings. The number of amides is 1. The number of aromatic nitrogens is 3. The fraction of sp³-hybridized carbons (Fsp3) is 0.641. The van der Waals surface area contributed by atoms with Crippen molar-refractivity contribution in [3.05, 3.63) is 77.8 Å². The third-order valence-electron chi connectivity index (χ3n) is 11.1. The van der Waals surface area contributed by atoms with Gasteiger partial charge in [0.15, 0.2) is 0 Å². The Morgan fingerprint density at radius 2 is 1.71 bits per heavy atom. The van der Waals surface area contributed by atoms with Gasteiger partial charge in [-0.2, -0.15) is 0 Å². The first-order chi connectivity index (χ1) is 24.2. The molecule has 5 rings (SSSR count). The van der Waals surface area contributed by atoms with Gasteiger partial charge in [0.05, 0.1) is 25.1 Å². The van der Waals surface area contributed by atoms with Gasteiger partial charge in [0, 0.05) is 78.3 Å². The van der Waals surface area contributed by atoms with Gasteiger partial charge in [0.1, 0.15) is 0 Å². The number of aliphatic hydroxyl groups is 1. The molecule has 2 fully saturated rings. The SMILES string of the molecule is CCC(CC(CC(CC(C)n1ccc(CC(O)COC2CC(C)(C)N([O-])C(C)(C)C2)c1)c1ccc(S(=O)[O-])cc1)N1CCCC1=O)n1ccnc1.[K+]. The number of aliphatic hydroxyl groups excluding tert-OH is 1. The van der Waals surface area contributed by atoms with Crippen LogP contribution in [0.5, 0.6) is 0 Å². The van der Waals surface area contributed by atoms with Crippen molar-refractivity contribution in [2.75, 3.05) is 13.2 Å². The van der Waals surface area contributed by atoms with Crippen LogP contribution in [-0.2, 0) is 27.0 Å². The standard InChI is InChI=1S/C39H58N5O6S.K/c1-7-32(42-18-15-40-27-42)22-33(43-16-8-9-37(43)46)21-31(30-10-12-36(13-11-30)51(48)49)19-28(2)41-17-14-29(25-41)20-34(45)26-50-35-23-38(3,4)44(47)39(5,6)24-35;/h10-15,17-18,25,27-28,31-35,45H,7-9,16,19-24,26H2,1-6H3,(H,48,49);/q-1;+1/p-1. The summed E-state index contributed by atoms with van der Waals surface area (Å²) in [4.78, 5) is 19.7. The Bertz CT molecular complexity index is 1560. The van der Waals surface area contributed by atoms with E-state index in [1.807, 2.05) is 58.4 Å². The number of carbonyl (C=O) groups is 1. The Hall–Kier alpha value is -1.23. The van der Waals surface area contributed by atoms with Crippen LogP contribution in [0.4, 0.5) is 0 Å². The van der Waals surface area contributed by atoms with Crippen molar-refractivity contribution in [1.29, 1.82) is 0 Å². The maximum absolute atomic E-state index is 13.1. The average molecular weight is 763 g/mol. The van der Waals surface area contributed by atoms with E-state index in [0.29, 0.717) is 25.7 Å². The van der Waals surface area contributed by atoms with E-state index >= 15 is 0 Å².